The smallest absolute Gasteiger partial charge is 0.251 e. The monoisotopic (exact) mass is 1000 g/mol. The van der Waals surface area contributed by atoms with Gasteiger partial charge in [0.2, 0.25) is 17.7 Å². The highest BCUT2D eigenvalue weighted by Crippen LogP contribution is 2.55. The van der Waals surface area contributed by atoms with Gasteiger partial charge in [0.15, 0.2) is 0 Å². The molecular weight excluding hydrogens is 944 g/mol. The second kappa shape index (κ2) is 21.9. The van der Waals surface area contributed by atoms with Gasteiger partial charge < -0.3 is 44.9 Å². The predicted octanol–water partition coefficient (Wildman–Crippen LogP) is 8.25. The van der Waals surface area contributed by atoms with Crippen LogP contribution in [0.15, 0.2) is 96.5 Å². The highest BCUT2D eigenvalue weighted by molar-refractivity contribution is 7.13. The van der Waals surface area contributed by atoms with E-state index in [0.717, 1.165) is 21.7 Å². The number of hydrogen-bond acceptors (Lipinski definition) is 12. The average molecular weight is 1010 g/mol. The molecule has 4 N–H and O–H groups in total. The molecule has 1 aliphatic carbocycles. The Morgan fingerprint density at radius 2 is 1.55 bits per heavy atom. The fourth-order valence-electron chi connectivity index (χ4n) is 9.59. The number of aryl methyl sites for hydroxylation is 1. The van der Waals surface area contributed by atoms with Crippen LogP contribution in [0, 0.1) is 34.5 Å². The molecule has 0 bridgehead atoms. The molecule has 17 heteroatoms. The van der Waals surface area contributed by atoms with Gasteiger partial charge in [0.1, 0.15) is 60.5 Å². The number of benzene rings is 4. The van der Waals surface area contributed by atoms with Crippen LogP contribution >= 0.6 is 22.9 Å². The molecule has 5 aromatic rings. The lowest BCUT2D eigenvalue weighted by atomic mass is 9.49. The Hall–Kier alpha value is -6.51. The molecule has 7 rings (SSSR count). The zero-order valence-electron chi connectivity index (χ0n) is 41.2. The molecule has 0 radical (unpaired) electrons. The zero-order valence-corrected chi connectivity index (χ0v) is 42.8. The van der Waals surface area contributed by atoms with E-state index in [1.165, 1.54) is 4.90 Å². The number of carbonyl (C=O) groups excluding carboxylic acids is 4. The lowest BCUT2D eigenvalue weighted by molar-refractivity contribution is -0.164. The van der Waals surface area contributed by atoms with Crippen molar-refractivity contribution in [3.05, 3.63) is 124 Å². The van der Waals surface area contributed by atoms with Crippen molar-refractivity contribution in [1.29, 1.82) is 5.26 Å². The van der Waals surface area contributed by atoms with Crippen LogP contribution in [0.5, 0.6) is 23.0 Å². The first-order valence-corrected chi connectivity index (χ1v) is 24.7. The zero-order chi connectivity index (χ0) is 51.3. The average Bonchev–Trinajstić information content (AvgIpc) is 3.95. The van der Waals surface area contributed by atoms with E-state index in [1.54, 1.807) is 83.6 Å². The SMILES string of the molecule is Cc1ncsc1-c1ccc(CNC(=O)[C@@H]2C[C@@H](O)CN2C(=O)[C@@H](NC(=O)COCCOc2ccc(Oc3ccc(C(=O)NC4C(C)(C)C(Oc5ccc(C#N)c(Cl)c5)C4(C)C)cc3)cc2)C(C)(C)C)cc1. The molecule has 0 unspecified atom stereocenters. The van der Waals surface area contributed by atoms with Gasteiger partial charge in [-0.15, -0.1) is 11.3 Å². The first kappa shape index (κ1) is 52.3. The minimum atomic E-state index is -0.993. The summed E-state index contributed by atoms with van der Waals surface area (Å²) in [6.45, 7) is 15.7. The van der Waals surface area contributed by atoms with Crippen molar-refractivity contribution in [3.63, 3.8) is 0 Å². The molecule has 4 aromatic carbocycles. The van der Waals surface area contributed by atoms with Gasteiger partial charge in [0.05, 0.1) is 39.4 Å². The molecule has 3 atom stereocenters. The number of aliphatic hydroxyl groups excluding tert-OH is 1. The maximum absolute atomic E-state index is 14.0. The number of hydrogen-bond donors (Lipinski definition) is 4. The van der Waals surface area contributed by atoms with Crippen LogP contribution in [0.25, 0.3) is 10.4 Å². The molecule has 374 valence electrons. The summed E-state index contributed by atoms with van der Waals surface area (Å²) < 4.78 is 23.8. The maximum atomic E-state index is 14.0. The van der Waals surface area contributed by atoms with Crippen molar-refractivity contribution < 1.29 is 43.2 Å². The number of amides is 4. The van der Waals surface area contributed by atoms with E-state index in [2.05, 4.69) is 54.7 Å². The van der Waals surface area contributed by atoms with E-state index < -0.39 is 46.2 Å². The summed E-state index contributed by atoms with van der Waals surface area (Å²) >= 11 is 7.81. The number of aliphatic hydroxyl groups is 1. The normalized spacial score (nSPS) is 19.4. The second-order valence-corrected chi connectivity index (χ2v) is 21.5. The summed E-state index contributed by atoms with van der Waals surface area (Å²) in [7, 11) is 0. The number of likely N-dealkylation sites (tertiary alicyclic amines) is 1. The first-order valence-electron chi connectivity index (χ1n) is 23.5. The molecule has 0 spiro atoms. The highest BCUT2D eigenvalue weighted by atomic mass is 35.5. The number of nitrogens with zero attached hydrogens (tertiary/aromatic N) is 3. The maximum Gasteiger partial charge on any atom is 0.251 e. The lowest BCUT2D eigenvalue weighted by Crippen LogP contribution is -2.74. The molecule has 1 saturated heterocycles. The lowest BCUT2D eigenvalue weighted by Gasteiger charge is -2.63. The van der Waals surface area contributed by atoms with Crippen molar-refractivity contribution in [3.8, 4) is 39.5 Å². The van der Waals surface area contributed by atoms with Crippen LogP contribution < -0.4 is 30.2 Å². The molecular formula is C54H61ClN6O9S. The van der Waals surface area contributed by atoms with Crippen LogP contribution in [0.1, 0.15) is 82.1 Å². The van der Waals surface area contributed by atoms with E-state index in [0.29, 0.717) is 39.1 Å². The molecule has 1 aliphatic heterocycles. The Labute approximate surface area is 423 Å². The van der Waals surface area contributed by atoms with Crippen LogP contribution in [0.4, 0.5) is 0 Å². The molecule has 4 amide bonds. The molecule has 1 saturated carbocycles. The minimum Gasteiger partial charge on any atom is -0.491 e. The van der Waals surface area contributed by atoms with Crippen LogP contribution in [-0.2, 0) is 25.7 Å². The Kier molecular flexibility index (Phi) is 16.1. The van der Waals surface area contributed by atoms with Gasteiger partial charge >= 0.3 is 0 Å². The van der Waals surface area contributed by atoms with E-state index >= 15 is 0 Å². The number of halogens is 1. The third-order valence-electron chi connectivity index (χ3n) is 13.0. The Morgan fingerprint density at radius 1 is 0.915 bits per heavy atom. The number of nitrogens with one attached hydrogen (secondary N) is 3. The van der Waals surface area contributed by atoms with Crippen LogP contribution in [0.2, 0.25) is 5.02 Å². The molecule has 2 fully saturated rings. The molecule has 71 heavy (non-hydrogen) atoms. The molecule has 15 nitrogen and oxygen atoms in total. The van der Waals surface area contributed by atoms with E-state index in [1.807, 2.05) is 52.0 Å². The standard InChI is InChI=1S/C54H61ClN6O9S/c1-32-45(71-31-58-32)34-11-9-33(10-12-34)28-57-48(65)43-25-37(62)29-61(43)49(66)46(52(2,3)4)59-44(63)30-67-23-24-68-38-19-21-40(22-20-38)69-39-16-13-35(14-17-39)47(64)60-50-53(5,6)51(54(50,7)8)70-41-18-15-36(27-56)42(55)26-41/h9-22,26,31,37,43,46,50-51,62H,23-25,28-30H2,1-8H3,(H,57,65)(H,59,63)(H,60,64)/t37-,43+,46-,50?,51?/m1/s1. The van der Waals surface area contributed by atoms with Gasteiger partial charge in [-0.3, -0.25) is 19.2 Å². The van der Waals surface area contributed by atoms with Crippen LogP contribution in [-0.4, -0.2) is 95.3 Å². The minimum absolute atomic E-state index is 0.0330. The summed E-state index contributed by atoms with van der Waals surface area (Å²) in [5.74, 6) is 0.633. The van der Waals surface area contributed by atoms with E-state index in [9.17, 15) is 29.5 Å². The van der Waals surface area contributed by atoms with E-state index in [4.69, 9.17) is 30.5 Å². The number of ether oxygens (including phenoxy) is 4. The second-order valence-electron chi connectivity index (χ2n) is 20.2. The predicted molar refractivity (Wildman–Crippen MR) is 270 cm³/mol. The number of β-amino-alcohol motifs (C(OH)–C–C–N with tert-alkyl or cyclic N) is 1. The number of nitriles is 1. The fraction of sp³-hybridized carbons (Fsp3) is 0.407. The third kappa shape index (κ3) is 12.3. The first-order chi connectivity index (χ1) is 33.6. The number of rotatable bonds is 18. The summed E-state index contributed by atoms with van der Waals surface area (Å²) in [5, 5.41) is 29.0. The molecule has 1 aromatic heterocycles. The fourth-order valence-corrected chi connectivity index (χ4v) is 10.6. The summed E-state index contributed by atoms with van der Waals surface area (Å²) in [6, 6.07) is 26.6. The third-order valence-corrected chi connectivity index (χ3v) is 14.3. The Balaban J connectivity index is 0.823. The van der Waals surface area contributed by atoms with Crippen molar-refractivity contribution in [1.82, 2.24) is 25.8 Å². The Bertz CT molecular complexity index is 2730. The van der Waals surface area contributed by atoms with Gasteiger partial charge in [0.25, 0.3) is 5.91 Å². The van der Waals surface area contributed by atoms with Gasteiger partial charge in [-0.05, 0) is 84.1 Å². The Morgan fingerprint density at radius 3 is 2.15 bits per heavy atom. The largest absolute Gasteiger partial charge is 0.491 e. The van der Waals surface area contributed by atoms with Crippen molar-refractivity contribution >= 4 is 46.6 Å². The summed E-state index contributed by atoms with van der Waals surface area (Å²) in [6.07, 6.45) is -1.03. The van der Waals surface area contributed by atoms with Gasteiger partial charge in [0, 0.05) is 48.0 Å². The summed E-state index contributed by atoms with van der Waals surface area (Å²) in [5.41, 5.74) is 4.00. The van der Waals surface area contributed by atoms with Gasteiger partial charge in [-0.1, -0.05) is 84.3 Å². The topological polar surface area (TPSA) is 201 Å². The number of carbonyl (C=O) groups is 4. The number of aromatic nitrogens is 1. The van der Waals surface area contributed by atoms with E-state index in [-0.39, 0.29) is 63.3 Å². The van der Waals surface area contributed by atoms with Crippen molar-refractivity contribution in [2.75, 3.05) is 26.4 Å². The summed E-state index contributed by atoms with van der Waals surface area (Å²) in [4.78, 5) is 60.7. The van der Waals surface area contributed by atoms with Crippen LogP contribution in [0.3, 0.4) is 0 Å². The van der Waals surface area contributed by atoms with Crippen molar-refractivity contribution in [2.24, 2.45) is 16.2 Å². The van der Waals surface area contributed by atoms with Crippen molar-refractivity contribution in [2.45, 2.75) is 98.7 Å². The molecule has 2 heterocycles. The highest BCUT2D eigenvalue weighted by Gasteiger charge is 2.64. The quantitative estimate of drug-likeness (QED) is 0.0616. The van der Waals surface area contributed by atoms with Gasteiger partial charge in [-0.2, -0.15) is 5.26 Å². The molecule has 2 aliphatic rings. The number of thiazole rings is 1. The van der Waals surface area contributed by atoms with Gasteiger partial charge in [-0.25, -0.2) is 4.98 Å².